The molecule has 0 aliphatic rings. The minimum Gasteiger partial charge on any atom is -0.480 e. The maximum absolute atomic E-state index is 10.4. The fourth-order valence-corrected chi connectivity index (χ4v) is 1.18. The molecule has 2 aromatic rings. The Morgan fingerprint density at radius 2 is 2.21 bits per heavy atom. The standard InChI is InChI=1S/C9H7N3O7/c13-8(14)4-17-3-6-10-11-9(19-6)5-1-2-7(18-5)12(15)16/h1-2H,3-4H2,(H,13,14). The summed E-state index contributed by atoms with van der Waals surface area (Å²) >= 11 is 0. The van der Waals surface area contributed by atoms with E-state index in [2.05, 4.69) is 10.2 Å². The number of rotatable bonds is 6. The number of carbonyl (C=O) groups is 1. The minimum atomic E-state index is -1.12. The Bertz CT molecular complexity index is 602. The molecule has 0 aliphatic carbocycles. The lowest BCUT2D eigenvalue weighted by Crippen LogP contribution is -2.06. The van der Waals surface area contributed by atoms with Gasteiger partial charge in [-0.25, -0.2) is 4.79 Å². The van der Waals surface area contributed by atoms with Crippen LogP contribution < -0.4 is 0 Å². The Labute approximate surface area is 104 Å². The normalized spacial score (nSPS) is 10.5. The smallest absolute Gasteiger partial charge is 0.433 e. The van der Waals surface area contributed by atoms with Crippen LogP contribution in [0.2, 0.25) is 0 Å². The largest absolute Gasteiger partial charge is 0.480 e. The SMILES string of the molecule is O=C(O)COCc1nnc(-c2ccc([N+](=O)[O-])o2)o1. The summed E-state index contributed by atoms with van der Waals surface area (Å²) in [4.78, 5) is 19.9. The molecule has 0 amide bonds. The fraction of sp³-hybridized carbons (Fsp3) is 0.222. The third-order valence-corrected chi connectivity index (χ3v) is 1.90. The summed E-state index contributed by atoms with van der Waals surface area (Å²) in [5, 5.41) is 26.0. The van der Waals surface area contributed by atoms with Gasteiger partial charge >= 0.3 is 11.9 Å². The molecule has 0 saturated carbocycles. The second-order valence-electron chi connectivity index (χ2n) is 3.28. The van der Waals surface area contributed by atoms with E-state index in [1.807, 2.05) is 0 Å². The van der Waals surface area contributed by atoms with Crippen LogP contribution in [0, 0.1) is 10.1 Å². The lowest BCUT2D eigenvalue weighted by molar-refractivity contribution is -0.401. The van der Waals surface area contributed by atoms with Crippen molar-refractivity contribution in [1.29, 1.82) is 0 Å². The van der Waals surface area contributed by atoms with Crippen molar-refractivity contribution in [3.63, 3.8) is 0 Å². The third-order valence-electron chi connectivity index (χ3n) is 1.90. The van der Waals surface area contributed by atoms with Gasteiger partial charge in [-0.3, -0.25) is 10.1 Å². The highest BCUT2D eigenvalue weighted by molar-refractivity contribution is 5.67. The van der Waals surface area contributed by atoms with Gasteiger partial charge in [0.25, 0.3) is 5.89 Å². The molecule has 2 heterocycles. The van der Waals surface area contributed by atoms with E-state index in [9.17, 15) is 14.9 Å². The molecule has 2 aromatic heterocycles. The number of nitrogens with zero attached hydrogens (tertiary/aromatic N) is 3. The van der Waals surface area contributed by atoms with E-state index in [0.29, 0.717) is 0 Å². The summed E-state index contributed by atoms with van der Waals surface area (Å²) in [7, 11) is 0. The van der Waals surface area contributed by atoms with Crippen LogP contribution in [0.25, 0.3) is 11.7 Å². The lowest BCUT2D eigenvalue weighted by atomic mass is 10.4. The van der Waals surface area contributed by atoms with Crippen molar-refractivity contribution in [3.05, 3.63) is 28.1 Å². The van der Waals surface area contributed by atoms with Crippen molar-refractivity contribution < 1.29 is 28.4 Å². The zero-order valence-corrected chi connectivity index (χ0v) is 9.31. The molecular formula is C9H7N3O7. The number of ether oxygens (including phenoxy) is 1. The highest BCUT2D eigenvalue weighted by Crippen LogP contribution is 2.24. The first-order valence-electron chi connectivity index (χ1n) is 4.93. The van der Waals surface area contributed by atoms with E-state index >= 15 is 0 Å². The molecule has 19 heavy (non-hydrogen) atoms. The molecule has 10 heteroatoms. The summed E-state index contributed by atoms with van der Waals surface area (Å²) in [6.07, 6.45) is 0. The topological polar surface area (TPSA) is 142 Å². The Balaban J connectivity index is 2.03. The monoisotopic (exact) mass is 269 g/mol. The maximum atomic E-state index is 10.4. The van der Waals surface area contributed by atoms with Crippen molar-refractivity contribution in [2.45, 2.75) is 6.61 Å². The van der Waals surface area contributed by atoms with E-state index in [4.69, 9.17) is 18.7 Å². The number of carboxylic acid groups (broad SMARTS) is 1. The molecule has 2 rings (SSSR count). The molecule has 0 bridgehead atoms. The number of nitro groups is 1. The molecule has 0 radical (unpaired) electrons. The molecule has 1 N–H and O–H groups in total. The first-order valence-corrected chi connectivity index (χ1v) is 4.93. The van der Waals surface area contributed by atoms with Gasteiger partial charge in [-0.1, -0.05) is 0 Å². The molecule has 0 unspecified atom stereocenters. The van der Waals surface area contributed by atoms with Gasteiger partial charge in [-0.05, 0) is 6.07 Å². The number of hydrogen-bond donors (Lipinski definition) is 1. The molecule has 0 spiro atoms. The zero-order valence-electron chi connectivity index (χ0n) is 9.31. The van der Waals surface area contributed by atoms with Crippen molar-refractivity contribution >= 4 is 11.9 Å². The second-order valence-corrected chi connectivity index (χ2v) is 3.28. The summed E-state index contributed by atoms with van der Waals surface area (Å²) in [5.74, 6) is -1.54. The van der Waals surface area contributed by atoms with Crippen LogP contribution in [0.15, 0.2) is 21.0 Å². The van der Waals surface area contributed by atoms with Crippen molar-refractivity contribution in [2.24, 2.45) is 0 Å². The van der Waals surface area contributed by atoms with Gasteiger partial charge in [0.2, 0.25) is 5.89 Å². The van der Waals surface area contributed by atoms with E-state index in [-0.39, 0.29) is 24.1 Å². The van der Waals surface area contributed by atoms with Gasteiger partial charge < -0.3 is 18.7 Å². The first kappa shape index (κ1) is 12.7. The second kappa shape index (κ2) is 5.27. The quantitative estimate of drug-likeness (QED) is 0.595. The highest BCUT2D eigenvalue weighted by Gasteiger charge is 2.17. The van der Waals surface area contributed by atoms with Gasteiger partial charge in [0.1, 0.15) is 18.1 Å². The van der Waals surface area contributed by atoms with E-state index < -0.39 is 23.4 Å². The molecule has 10 nitrogen and oxygen atoms in total. The Kier molecular flexibility index (Phi) is 3.52. The van der Waals surface area contributed by atoms with Gasteiger partial charge in [-0.2, -0.15) is 0 Å². The van der Waals surface area contributed by atoms with Crippen LogP contribution in [0.4, 0.5) is 5.88 Å². The Morgan fingerprint density at radius 1 is 1.42 bits per heavy atom. The molecule has 0 aromatic carbocycles. The number of hydrogen-bond acceptors (Lipinski definition) is 8. The molecule has 0 aliphatic heterocycles. The summed E-state index contributed by atoms with van der Waals surface area (Å²) in [6.45, 7) is -0.675. The van der Waals surface area contributed by atoms with Gasteiger partial charge in [0.15, 0.2) is 5.76 Å². The zero-order chi connectivity index (χ0) is 13.8. The van der Waals surface area contributed by atoms with Crippen LogP contribution in [0.1, 0.15) is 5.89 Å². The van der Waals surface area contributed by atoms with Crippen molar-refractivity contribution in [3.8, 4) is 11.7 Å². The van der Waals surface area contributed by atoms with E-state index in [1.54, 1.807) is 0 Å². The minimum absolute atomic E-state index is 0.0373. The van der Waals surface area contributed by atoms with Crippen LogP contribution >= 0.6 is 0 Å². The van der Waals surface area contributed by atoms with Gasteiger partial charge in [0.05, 0.1) is 6.07 Å². The summed E-state index contributed by atoms with van der Waals surface area (Å²) < 4.78 is 14.7. The van der Waals surface area contributed by atoms with Crippen LogP contribution in [0.3, 0.4) is 0 Å². The Hall–Kier alpha value is -2.75. The number of carboxylic acids is 1. The molecular weight excluding hydrogens is 262 g/mol. The number of aliphatic carboxylic acids is 1. The molecule has 0 saturated heterocycles. The summed E-state index contributed by atoms with van der Waals surface area (Å²) in [6, 6.07) is 2.47. The molecule has 0 fully saturated rings. The Morgan fingerprint density at radius 3 is 2.84 bits per heavy atom. The third kappa shape index (κ3) is 3.13. The van der Waals surface area contributed by atoms with Crippen molar-refractivity contribution in [1.82, 2.24) is 10.2 Å². The first-order chi connectivity index (χ1) is 9.06. The molecule has 100 valence electrons. The van der Waals surface area contributed by atoms with Crippen LogP contribution in [0.5, 0.6) is 0 Å². The number of aromatic nitrogens is 2. The number of furan rings is 1. The van der Waals surface area contributed by atoms with Crippen LogP contribution in [-0.2, 0) is 16.1 Å². The summed E-state index contributed by atoms with van der Waals surface area (Å²) in [5.41, 5.74) is 0. The van der Waals surface area contributed by atoms with Crippen molar-refractivity contribution in [2.75, 3.05) is 6.61 Å². The highest BCUT2D eigenvalue weighted by atomic mass is 16.6. The maximum Gasteiger partial charge on any atom is 0.433 e. The van der Waals surface area contributed by atoms with Crippen LogP contribution in [-0.4, -0.2) is 32.8 Å². The van der Waals surface area contributed by atoms with Gasteiger partial charge in [-0.15, -0.1) is 10.2 Å². The predicted molar refractivity (Wildman–Crippen MR) is 55.9 cm³/mol. The van der Waals surface area contributed by atoms with E-state index in [1.165, 1.54) is 6.07 Å². The average Bonchev–Trinajstić information content (AvgIpc) is 2.95. The lowest BCUT2D eigenvalue weighted by Gasteiger charge is -1.94. The fourth-order valence-electron chi connectivity index (χ4n) is 1.18. The molecule has 0 atom stereocenters. The van der Waals surface area contributed by atoms with E-state index in [0.717, 1.165) is 6.07 Å². The predicted octanol–water partition coefficient (Wildman–Crippen LogP) is 0.839. The van der Waals surface area contributed by atoms with Gasteiger partial charge in [0, 0.05) is 0 Å². The average molecular weight is 269 g/mol.